The minimum atomic E-state index is -0.182. The highest BCUT2D eigenvalue weighted by Gasteiger charge is 2.06. The number of hydrogen-bond donors (Lipinski definition) is 1. The Morgan fingerprint density at radius 3 is 2.69 bits per heavy atom. The lowest BCUT2D eigenvalue weighted by molar-refractivity contribution is 0.229. The first-order valence-corrected chi connectivity index (χ1v) is 3.59. The molecule has 6 heteroatoms. The van der Waals surface area contributed by atoms with Crippen LogP contribution in [0.5, 0.6) is 0 Å². The van der Waals surface area contributed by atoms with Gasteiger partial charge >= 0.3 is 0 Å². The van der Waals surface area contributed by atoms with E-state index in [2.05, 4.69) is 20.1 Å². The van der Waals surface area contributed by atoms with Crippen LogP contribution in [-0.2, 0) is 6.61 Å². The summed E-state index contributed by atoms with van der Waals surface area (Å²) in [7, 11) is 0. The van der Waals surface area contributed by atoms with Crippen molar-refractivity contribution in [3.05, 3.63) is 24.5 Å². The zero-order valence-corrected chi connectivity index (χ0v) is 6.58. The van der Waals surface area contributed by atoms with E-state index >= 15 is 0 Å². The van der Waals surface area contributed by atoms with E-state index in [1.165, 1.54) is 12.7 Å². The van der Waals surface area contributed by atoms with E-state index in [0.29, 0.717) is 17.3 Å². The van der Waals surface area contributed by atoms with Crippen LogP contribution in [0.15, 0.2) is 23.2 Å². The number of aliphatic hydroxyl groups excluding tert-OH is 1. The standard InChI is InChI=1S/C7H6N4O2/c12-2-5-1-6(11-13-5)7-9-3-8-4-10-7/h1,3-4,12H,2H2. The second kappa shape index (κ2) is 3.28. The molecule has 2 aromatic rings. The van der Waals surface area contributed by atoms with Gasteiger partial charge in [0.05, 0.1) is 0 Å². The highest BCUT2D eigenvalue weighted by Crippen LogP contribution is 2.12. The Bertz CT molecular complexity index is 386. The van der Waals surface area contributed by atoms with Gasteiger partial charge in [-0.05, 0) is 0 Å². The van der Waals surface area contributed by atoms with Gasteiger partial charge < -0.3 is 9.63 Å². The Morgan fingerprint density at radius 1 is 1.31 bits per heavy atom. The molecule has 0 aliphatic rings. The molecule has 0 saturated heterocycles. The fourth-order valence-electron chi connectivity index (χ4n) is 0.864. The molecule has 0 aliphatic carbocycles. The smallest absolute Gasteiger partial charge is 0.184 e. The fourth-order valence-corrected chi connectivity index (χ4v) is 0.864. The van der Waals surface area contributed by atoms with Crippen molar-refractivity contribution in [2.75, 3.05) is 0 Å². The first-order chi connectivity index (χ1) is 6.40. The van der Waals surface area contributed by atoms with Gasteiger partial charge in [-0.2, -0.15) is 0 Å². The molecular formula is C7H6N4O2. The second-order valence-corrected chi connectivity index (χ2v) is 2.30. The number of nitrogens with zero attached hydrogens (tertiary/aromatic N) is 4. The normalized spacial score (nSPS) is 10.2. The van der Waals surface area contributed by atoms with Gasteiger partial charge in [0.15, 0.2) is 17.3 Å². The molecule has 0 aromatic carbocycles. The maximum absolute atomic E-state index is 8.71. The third-order valence-electron chi connectivity index (χ3n) is 1.44. The van der Waals surface area contributed by atoms with Crippen LogP contribution >= 0.6 is 0 Å². The van der Waals surface area contributed by atoms with Crippen molar-refractivity contribution in [3.63, 3.8) is 0 Å². The van der Waals surface area contributed by atoms with Crippen molar-refractivity contribution >= 4 is 0 Å². The number of aliphatic hydroxyl groups is 1. The Morgan fingerprint density at radius 2 is 2.08 bits per heavy atom. The molecule has 0 radical (unpaired) electrons. The molecule has 0 amide bonds. The van der Waals surface area contributed by atoms with Crippen molar-refractivity contribution in [1.29, 1.82) is 0 Å². The Balaban J connectivity index is 2.36. The van der Waals surface area contributed by atoms with Crippen molar-refractivity contribution in [2.45, 2.75) is 6.61 Å². The van der Waals surface area contributed by atoms with Crippen LogP contribution in [0.4, 0.5) is 0 Å². The van der Waals surface area contributed by atoms with Gasteiger partial charge in [0.1, 0.15) is 19.3 Å². The predicted octanol–water partition coefficient (Wildman–Crippen LogP) is 0.0189. The molecule has 66 valence electrons. The minimum Gasteiger partial charge on any atom is -0.388 e. The van der Waals surface area contributed by atoms with E-state index in [0.717, 1.165) is 0 Å². The largest absolute Gasteiger partial charge is 0.388 e. The lowest BCUT2D eigenvalue weighted by Gasteiger charge is -1.88. The van der Waals surface area contributed by atoms with E-state index in [1.54, 1.807) is 6.07 Å². The number of rotatable bonds is 2. The summed E-state index contributed by atoms with van der Waals surface area (Å²) in [6.45, 7) is -0.182. The van der Waals surface area contributed by atoms with Crippen LogP contribution in [0.25, 0.3) is 11.5 Å². The van der Waals surface area contributed by atoms with Gasteiger partial charge in [-0.25, -0.2) is 15.0 Å². The average Bonchev–Trinajstić information content (AvgIpc) is 2.67. The summed E-state index contributed by atoms with van der Waals surface area (Å²) in [4.78, 5) is 11.4. The van der Waals surface area contributed by atoms with Crippen molar-refractivity contribution in [3.8, 4) is 11.5 Å². The van der Waals surface area contributed by atoms with E-state index in [9.17, 15) is 0 Å². The van der Waals surface area contributed by atoms with Crippen LogP contribution in [0.2, 0.25) is 0 Å². The molecule has 0 atom stereocenters. The van der Waals surface area contributed by atoms with Crippen molar-refractivity contribution in [2.24, 2.45) is 0 Å². The van der Waals surface area contributed by atoms with Gasteiger partial charge in [-0.3, -0.25) is 0 Å². The Labute approximate surface area is 73.3 Å². The molecule has 1 N–H and O–H groups in total. The molecule has 2 rings (SSSR count). The van der Waals surface area contributed by atoms with Gasteiger partial charge in [-0.15, -0.1) is 0 Å². The fraction of sp³-hybridized carbons (Fsp3) is 0.143. The van der Waals surface area contributed by atoms with Crippen LogP contribution < -0.4 is 0 Å². The summed E-state index contributed by atoms with van der Waals surface area (Å²) in [6, 6.07) is 1.58. The number of aromatic nitrogens is 4. The van der Waals surface area contributed by atoms with Crippen molar-refractivity contribution < 1.29 is 9.63 Å². The average molecular weight is 178 g/mol. The van der Waals surface area contributed by atoms with E-state index < -0.39 is 0 Å². The molecule has 0 bridgehead atoms. The molecule has 0 spiro atoms. The highest BCUT2D eigenvalue weighted by atomic mass is 16.5. The SMILES string of the molecule is OCc1cc(-c2ncncn2)no1. The lowest BCUT2D eigenvalue weighted by Crippen LogP contribution is -1.88. The minimum absolute atomic E-state index is 0.182. The summed E-state index contributed by atoms with van der Waals surface area (Å²) >= 11 is 0. The first-order valence-electron chi connectivity index (χ1n) is 3.59. The third kappa shape index (κ3) is 1.52. The zero-order chi connectivity index (χ0) is 9.10. The molecule has 2 heterocycles. The number of hydrogen-bond acceptors (Lipinski definition) is 6. The quantitative estimate of drug-likeness (QED) is 0.697. The molecule has 0 saturated carbocycles. The lowest BCUT2D eigenvalue weighted by atomic mass is 10.3. The Hall–Kier alpha value is -1.82. The van der Waals surface area contributed by atoms with Gasteiger partial charge in [-0.1, -0.05) is 5.16 Å². The molecule has 6 nitrogen and oxygen atoms in total. The molecule has 13 heavy (non-hydrogen) atoms. The van der Waals surface area contributed by atoms with E-state index in [-0.39, 0.29) is 6.61 Å². The predicted molar refractivity (Wildman–Crippen MR) is 41.2 cm³/mol. The Kier molecular flexibility index (Phi) is 1.97. The summed E-state index contributed by atoms with van der Waals surface area (Å²) in [5, 5.41) is 12.4. The zero-order valence-electron chi connectivity index (χ0n) is 6.58. The van der Waals surface area contributed by atoms with Crippen molar-refractivity contribution in [1.82, 2.24) is 20.1 Å². The van der Waals surface area contributed by atoms with Crippen LogP contribution in [0.1, 0.15) is 5.76 Å². The topological polar surface area (TPSA) is 84.9 Å². The maximum Gasteiger partial charge on any atom is 0.184 e. The van der Waals surface area contributed by atoms with Gasteiger partial charge in [0.25, 0.3) is 0 Å². The second-order valence-electron chi connectivity index (χ2n) is 2.30. The maximum atomic E-state index is 8.71. The van der Waals surface area contributed by atoms with E-state index in [4.69, 9.17) is 9.63 Å². The molecule has 0 aliphatic heterocycles. The molecule has 0 fully saturated rings. The molecular weight excluding hydrogens is 172 g/mol. The molecule has 2 aromatic heterocycles. The monoisotopic (exact) mass is 178 g/mol. The summed E-state index contributed by atoms with van der Waals surface area (Å²) < 4.78 is 4.77. The first kappa shape index (κ1) is 7.81. The van der Waals surface area contributed by atoms with E-state index in [1.807, 2.05) is 0 Å². The summed E-state index contributed by atoms with van der Waals surface area (Å²) in [5.41, 5.74) is 0.492. The van der Waals surface area contributed by atoms with Crippen LogP contribution in [-0.4, -0.2) is 25.2 Å². The van der Waals surface area contributed by atoms with Gasteiger partial charge in [0.2, 0.25) is 0 Å². The summed E-state index contributed by atoms with van der Waals surface area (Å²) in [6.07, 6.45) is 2.74. The summed E-state index contributed by atoms with van der Waals surface area (Å²) in [5.74, 6) is 0.814. The molecule has 0 unspecified atom stereocenters. The van der Waals surface area contributed by atoms with Crippen LogP contribution in [0.3, 0.4) is 0 Å². The van der Waals surface area contributed by atoms with Crippen LogP contribution in [0, 0.1) is 0 Å². The highest BCUT2D eigenvalue weighted by molar-refractivity contribution is 5.47. The third-order valence-corrected chi connectivity index (χ3v) is 1.44. The van der Waals surface area contributed by atoms with Gasteiger partial charge in [0, 0.05) is 6.07 Å².